The Hall–Kier alpha value is -1.54. The molecule has 7 heteroatoms. The largest absolute Gasteiger partial charge is 0.379 e. The number of ether oxygens (including phenoxy) is 3. The van der Waals surface area contributed by atoms with E-state index in [4.69, 9.17) is 14.2 Å². The molecule has 1 N–H and O–H groups in total. The lowest BCUT2D eigenvalue weighted by Crippen LogP contribution is -2.45. The average molecular weight is 380 g/mol. The molecule has 2 fully saturated rings. The highest BCUT2D eigenvalue weighted by Gasteiger charge is 2.25. The number of hydrogen-bond donors (Lipinski definition) is 1. The first kappa shape index (κ1) is 20.2. The van der Waals surface area contributed by atoms with Gasteiger partial charge in [0.05, 0.1) is 32.0 Å². The lowest BCUT2D eigenvalue weighted by molar-refractivity contribution is -0.134. The highest BCUT2D eigenvalue weighted by molar-refractivity contribution is 5.80. The normalized spacial score (nSPS) is 23.1. The molecular formula is C20H29FN2O4. The number of morpholine rings is 1. The molecule has 0 spiro atoms. The monoisotopic (exact) mass is 380 g/mol. The van der Waals surface area contributed by atoms with Crippen LogP contribution in [0.25, 0.3) is 0 Å². The Bertz CT molecular complexity index is 586. The number of rotatable bonds is 8. The second-order valence-electron chi connectivity index (χ2n) is 7.07. The van der Waals surface area contributed by atoms with Gasteiger partial charge in [0.1, 0.15) is 11.9 Å². The Labute approximate surface area is 160 Å². The summed E-state index contributed by atoms with van der Waals surface area (Å²) in [6.45, 7) is 6.29. The van der Waals surface area contributed by atoms with Crippen LogP contribution in [-0.2, 0) is 19.0 Å². The van der Waals surface area contributed by atoms with E-state index in [0.29, 0.717) is 26.4 Å². The fourth-order valence-electron chi connectivity index (χ4n) is 3.48. The molecule has 2 aliphatic heterocycles. The van der Waals surface area contributed by atoms with Gasteiger partial charge in [-0.05, 0) is 37.5 Å². The molecule has 6 nitrogen and oxygen atoms in total. The Morgan fingerprint density at radius 1 is 1.30 bits per heavy atom. The smallest absolute Gasteiger partial charge is 0.248 e. The molecule has 0 radical (unpaired) electrons. The summed E-state index contributed by atoms with van der Waals surface area (Å²) in [4.78, 5) is 14.7. The fraction of sp³-hybridized carbons (Fsp3) is 0.650. The van der Waals surface area contributed by atoms with Crippen molar-refractivity contribution >= 4 is 5.91 Å². The molecular weight excluding hydrogens is 351 g/mol. The number of nitrogens with one attached hydrogen (secondary N) is 1. The zero-order valence-electron chi connectivity index (χ0n) is 15.9. The zero-order valence-corrected chi connectivity index (χ0v) is 15.9. The van der Waals surface area contributed by atoms with Gasteiger partial charge in [-0.3, -0.25) is 9.69 Å². The number of nitrogens with zero attached hydrogens (tertiary/aromatic N) is 1. The summed E-state index contributed by atoms with van der Waals surface area (Å²) >= 11 is 0. The Morgan fingerprint density at radius 3 is 2.70 bits per heavy atom. The van der Waals surface area contributed by atoms with Crippen molar-refractivity contribution in [1.82, 2.24) is 10.2 Å². The number of carbonyl (C=O) groups is 1. The molecule has 2 saturated heterocycles. The average Bonchev–Trinajstić information content (AvgIpc) is 3.22. The molecule has 1 aromatic carbocycles. The van der Waals surface area contributed by atoms with Crippen molar-refractivity contribution in [3.63, 3.8) is 0 Å². The molecule has 2 heterocycles. The lowest BCUT2D eigenvalue weighted by atomic mass is 10.0. The first-order chi connectivity index (χ1) is 13.1. The summed E-state index contributed by atoms with van der Waals surface area (Å²) in [6, 6.07) is 6.44. The molecule has 0 aliphatic carbocycles. The van der Waals surface area contributed by atoms with E-state index in [0.717, 1.165) is 38.1 Å². The van der Waals surface area contributed by atoms with Crippen LogP contribution in [0.5, 0.6) is 0 Å². The third-order valence-corrected chi connectivity index (χ3v) is 5.14. The van der Waals surface area contributed by atoms with Gasteiger partial charge in [-0.2, -0.15) is 0 Å². The highest BCUT2D eigenvalue weighted by Crippen LogP contribution is 2.22. The molecule has 27 heavy (non-hydrogen) atoms. The van der Waals surface area contributed by atoms with Gasteiger partial charge < -0.3 is 19.5 Å². The van der Waals surface area contributed by atoms with Crippen LogP contribution in [0.2, 0.25) is 0 Å². The van der Waals surface area contributed by atoms with Gasteiger partial charge in [-0.1, -0.05) is 12.1 Å². The van der Waals surface area contributed by atoms with E-state index in [1.54, 1.807) is 19.1 Å². The third kappa shape index (κ3) is 5.97. The van der Waals surface area contributed by atoms with Crippen molar-refractivity contribution in [2.45, 2.75) is 38.0 Å². The first-order valence-corrected chi connectivity index (χ1v) is 9.71. The maximum atomic E-state index is 13.3. The topological polar surface area (TPSA) is 60.0 Å². The van der Waals surface area contributed by atoms with Crippen molar-refractivity contribution in [2.75, 3.05) is 46.1 Å². The lowest BCUT2D eigenvalue weighted by Gasteiger charge is -2.35. The van der Waals surface area contributed by atoms with Gasteiger partial charge in [0.2, 0.25) is 5.91 Å². The Balaban J connectivity index is 1.54. The predicted molar refractivity (Wildman–Crippen MR) is 98.9 cm³/mol. The van der Waals surface area contributed by atoms with Crippen molar-refractivity contribution in [2.24, 2.45) is 0 Å². The van der Waals surface area contributed by atoms with Crippen LogP contribution >= 0.6 is 0 Å². The van der Waals surface area contributed by atoms with E-state index in [-0.39, 0.29) is 23.9 Å². The molecule has 0 bridgehead atoms. The van der Waals surface area contributed by atoms with Crippen LogP contribution in [0, 0.1) is 5.82 Å². The van der Waals surface area contributed by atoms with Crippen LogP contribution in [0.4, 0.5) is 4.39 Å². The number of benzene rings is 1. The zero-order chi connectivity index (χ0) is 19.1. The van der Waals surface area contributed by atoms with E-state index in [2.05, 4.69) is 10.2 Å². The Kier molecular flexibility index (Phi) is 7.58. The van der Waals surface area contributed by atoms with E-state index < -0.39 is 6.10 Å². The van der Waals surface area contributed by atoms with Crippen LogP contribution in [0.1, 0.15) is 31.4 Å². The summed E-state index contributed by atoms with van der Waals surface area (Å²) < 4.78 is 29.9. The van der Waals surface area contributed by atoms with E-state index in [1.165, 1.54) is 12.1 Å². The van der Waals surface area contributed by atoms with Crippen LogP contribution in [-0.4, -0.2) is 69.1 Å². The quantitative estimate of drug-likeness (QED) is 0.747. The van der Waals surface area contributed by atoms with Gasteiger partial charge in [0, 0.05) is 26.2 Å². The molecule has 3 rings (SSSR count). The molecule has 0 aromatic heterocycles. The summed E-state index contributed by atoms with van der Waals surface area (Å²) in [7, 11) is 0. The molecule has 0 saturated carbocycles. The minimum atomic E-state index is -0.534. The maximum Gasteiger partial charge on any atom is 0.248 e. The maximum absolute atomic E-state index is 13.3. The molecule has 3 unspecified atom stereocenters. The SMILES string of the molecule is CC(OCC1CCCO1)C(=O)NCC(c1ccc(F)cc1)N1CCOCC1. The number of carbonyl (C=O) groups excluding carboxylic acids is 1. The van der Waals surface area contributed by atoms with Crippen LogP contribution < -0.4 is 5.32 Å². The summed E-state index contributed by atoms with van der Waals surface area (Å²) in [5.74, 6) is -0.409. The van der Waals surface area contributed by atoms with Crippen molar-refractivity contribution in [1.29, 1.82) is 0 Å². The Morgan fingerprint density at radius 2 is 2.04 bits per heavy atom. The number of hydrogen-bond acceptors (Lipinski definition) is 5. The fourth-order valence-corrected chi connectivity index (χ4v) is 3.48. The van der Waals surface area contributed by atoms with E-state index in [1.807, 2.05) is 0 Å². The second kappa shape index (κ2) is 10.1. The summed E-state index contributed by atoms with van der Waals surface area (Å²) in [5, 5.41) is 2.99. The van der Waals surface area contributed by atoms with Gasteiger partial charge in [0.25, 0.3) is 0 Å². The second-order valence-corrected chi connectivity index (χ2v) is 7.07. The summed E-state index contributed by atoms with van der Waals surface area (Å²) in [6.07, 6.45) is 1.60. The van der Waals surface area contributed by atoms with Gasteiger partial charge >= 0.3 is 0 Å². The summed E-state index contributed by atoms with van der Waals surface area (Å²) in [5.41, 5.74) is 0.978. The number of amides is 1. The standard InChI is InChI=1S/C20H29FN2O4/c1-15(27-14-18-3-2-10-26-18)20(24)22-13-19(23-8-11-25-12-9-23)16-4-6-17(21)7-5-16/h4-7,15,18-19H,2-3,8-14H2,1H3,(H,22,24). The van der Waals surface area contributed by atoms with Gasteiger partial charge in [-0.15, -0.1) is 0 Å². The molecule has 1 aromatic rings. The van der Waals surface area contributed by atoms with Gasteiger partial charge in [0.15, 0.2) is 0 Å². The first-order valence-electron chi connectivity index (χ1n) is 9.71. The third-order valence-electron chi connectivity index (χ3n) is 5.14. The number of halogens is 1. The van der Waals surface area contributed by atoms with Crippen LogP contribution in [0.15, 0.2) is 24.3 Å². The molecule has 1 amide bonds. The molecule has 2 aliphatic rings. The van der Waals surface area contributed by atoms with Crippen molar-refractivity contribution in [3.8, 4) is 0 Å². The molecule has 3 atom stereocenters. The van der Waals surface area contributed by atoms with E-state index >= 15 is 0 Å². The van der Waals surface area contributed by atoms with Crippen molar-refractivity contribution in [3.05, 3.63) is 35.6 Å². The highest BCUT2D eigenvalue weighted by atomic mass is 19.1. The molecule has 150 valence electrons. The minimum absolute atomic E-state index is 0.0242. The van der Waals surface area contributed by atoms with Crippen LogP contribution in [0.3, 0.4) is 0 Å². The van der Waals surface area contributed by atoms with Gasteiger partial charge in [-0.25, -0.2) is 4.39 Å². The van der Waals surface area contributed by atoms with E-state index in [9.17, 15) is 9.18 Å². The van der Waals surface area contributed by atoms with Crippen molar-refractivity contribution < 1.29 is 23.4 Å². The minimum Gasteiger partial charge on any atom is -0.379 e. The predicted octanol–water partition coefficient (Wildman–Crippen LogP) is 1.90.